The SMILES string of the molecule is CC(C)(C)[C@@H](O)[C@@H](N)c1ccc(OC(F)(F)F)c(Cl)c1.Cl. The van der Waals surface area contributed by atoms with Gasteiger partial charge in [-0.2, -0.15) is 0 Å². The Morgan fingerprint density at radius 2 is 1.76 bits per heavy atom. The van der Waals surface area contributed by atoms with Crippen LogP contribution in [0, 0.1) is 5.41 Å². The third kappa shape index (κ3) is 5.90. The van der Waals surface area contributed by atoms with Crippen LogP contribution in [0.15, 0.2) is 18.2 Å². The van der Waals surface area contributed by atoms with Gasteiger partial charge in [-0.1, -0.05) is 38.4 Å². The number of ether oxygens (including phenoxy) is 1. The zero-order valence-electron chi connectivity index (χ0n) is 11.7. The molecule has 0 aromatic heterocycles. The minimum absolute atomic E-state index is 0. The van der Waals surface area contributed by atoms with Gasteiger partial charge in [0.2, 0.25) is 0 Å². The molecule has 3 nitrogen and oxygen atoms in total. The van der Waals surface area contributed by atoms with Crippen LogP contribution in [-0.4, -0.2) is 17.6 Å². The van der Waals surface area contributed by atoms with E-state index in [0.29, 0.717) is 5.56 Å². The van der Waals surface area contributed by atoms with Gasteiger partial charge in [-0.15, -0.1) is 25.6 Å². The Bertz CT molecular complexity index is 475. The summed E-state index contributed by atoms with van der Waals surface area (Å²) >= 11 is 5.74. The van der Waals surface area contributed by atoms with Crippen LogP contribution in [0.4, 0.5) is 13.2 Å². The largest absolute Gasteiger partial charge is 0.573 e. The van der Waals surface area contributed by atoms with Crippen LogP contribution in [0.5, 0.6) is 5.75 Å². The Hall–Kier alpha value is -0.690. The Balaban J connectivity index is 0.00000400. The van der Waals surface area contributed by atoms with Crippen molar-refractivity contribution >= 4 is 24.0 Å². The van der Waals surface area contributed by atoms with Crippen molar-refractivity contribution in [1.82, 2.24) is 0 Å². The van der Waals surface area contributed by atoms with Gasteiger partial charge in [0.05, 0.1) is 17.2 Å². The highest BCUT2D eigenvalue weighted by atomic mass is 35.5. The molecule has 0 spiro atoms. The number of hydrogen-bond donors (Lipinski definition) is 2. The van der Waals surface area contributed by atoms with E-state index < -0.39 is 29.7 Å². The molecule has 1 rings (SSSR count). The zero-order chi connectivity index (χ0) is 15.7. The number of nitrogens with two attached hydrogens (primary N) is 1. The van der Waals surface area contributed by atoms with E-state index in [0.717, 1.165) is 6.07 Å². The molecular formula is C13H18Cl2F3NO2. The van der Waals surface area contributed by atoms with Gasteiger partial charge < -0.3 is 15.6 Å². The summed E-state index contributed by atoms with van der Waals surface area (Å²) in [5.41, 5.74) is 5.87. The summed E-state index contributed by atoms with van der Waals surface area (Å²) in [6.45, 7) is 5.42. The summed E-state index contributed by atoms with van der Waals surface area (Å²) in [7, 11) is 0. The molecular weight excluding hydrogens is 330 g/mol. The third-order valence-corrected chi connectivity index (χ3v) is 3.09. The minimum atomic E-state index is -4.81. The number of rotatable bonds is 3. The van der Waals surface area contributed by atoms with E-state index in [2.05, 4.69) is 4.74 Å². The first-order valence-electron chi connectivity index (χ1n) is 5.90. The molecule has 21 heavy (non-hydrogen) atoms. The Morgan fingerprint density at radius 3 is 2.14 bits per heavy atom. The lowest BCUT2D eigenvalue weighted by molar-refractivity contribution is -0.274. The van der Waals surface area contributed by atoms with Crippen LogP contribution in [-0.2, 0) is 0 Å². The second-order valence-corrected chi connectivity index (χ2v) is 5.98. The highest BCUT2D eigenvalue weighted by Crippen LogP contribution is 2.34. The normalized spacial score (nSPS) is 15.1. The fourth-order valence-electron chi connectivity index (χ4n) is 1.65. The molecule has 8 heteroatoms. The Kier molecular flexibility index (Phi) is 6.82. The molecule has 0 amide bonds. The van der Waals surface area contributed by atoms with Crippen LogP contribution in [0.3, 0.4) is 0 Å². The fourth-order valence-corrected chi connectivity index (χ4v) is 1.88. The summed E-state index contributed by atoms with van der Waals surface area (Å²) in [5, 5.41) is 9.86. The number of benzene rings is 1. The van der Waals surface area contributed by atoms with E-state index in [1.807, 2.05) is 0 Å². The molecule has 0 aliphatic carbocycles. The maximum Gasteiger partial charge on any atom is 0.573 e. The van der Waals surface area contributed by atoms with Crippen LogP contribution in [0.2, 0.25) is 5.02 Å². The van der Waals surface area contributed by atoms with E-state index in [1.165, 1.54) is 12.1 Å². The maximum atomic E-state index is 12.1. The lowest BCUT2D eigenvalue weighted by atomic mass is 9.82. The third-order valence-electron chi connectivity index (χ3n) is 2.79. The summed E-state index contributed by atoms with van der Waals surface area (Å²) < 4.78 is 40.1. The molecule has 0 radical (unpaired) electrons. The van der Waals surface area contributed by atoms with Crippen LogP contribution < -0.4 is 10.5 Å². The molecule has 2 atom stereocenters. The van der Waals surface area contributed by atoms with E-state index in [1.54, 1.807) is 20.8 Å². The topological polar surface area (TPSA) is 55.5 Å². The van der Waals surface area contributed by atoms with Crippen LogP contribution in [0.25, 0.3) is 0 Å². The maximum absolute atomic E-state index is 12.1. The Morgan fingerprint density at radius 1 is 1.24 bits per heavy atom. The van der Waals surface area contributed by atoms with Gasteiger partial charge in [-0.25, -0.2) is 0 Å². The molecule has 3 N–H and O–H groups in total. The van der Waals surface area contributed by atoms with E-state index in [-0.39, 0.29) is 17.4 Å². The summed E-state index contributed by atoms with van der Waals surface area (Å²) in [5.74, 6) is -0.500. The number of aliphatic hydroxyl groups excluding tert-OH is 1. The molecule has 0 bridgehead atoms. The van der Waals surface area contributed by atoms with Gasteiger partial charge in [0.15, 0.2) is 0 Å². The number of hydrogen-bond acceptors (Lipinski definition) is 3. The number of alkyl halides is 3. The van der Waals surface area contributed by atoms with Crippen molar-refractivity contribution in [3.05, 3.63) is 28.8 Å². The second kappa shape index (κ2) is 7.05. The molecule has 122 valence electrons. The standard InChI is InChI=1S/C13H17ClF3NO2.ClH/c1-12(2,3)11(19)10(18)7-4-5-9(8(14)6-7)20-13(15,16)17;/h4-6,10-11,19H,18H2,1-3H3;1H/t10-,11-;/m0./s1. The molecule has 0 heterocycles. The number of halogens is 5. The quantitative estimate of drug-likeness (QED) is 0.866. The van der Waals surface area contributed by atoms with Crippen LogP contribution >= 0.6 is 24.0 Å². The van der Waals surface area contributed by atoms with Gasteiger partial charge in [0.1, 0.15) is 5.75 Å². The zero-order valence-corrected chi connectivity index (χ0v) is 13.3. The molecule has 0 saturated carbocycles. The summed E-state index contributed by atoms with van der Waals surface area (Å²) in [6.07, 6.45) is -5.67. The van der Waals surface area contributed by atoms with Gasteiger partial charge in [0, 0.05) is 0 Å². The number of aliphatic hydroxyl groups is 1. The van der Waals surface area contributed by atoms with E-state index in [4.69, 9.17) is 17.3 Å². The van der Waals surface area contributed by atoms with Crippen LogP contribution in [0.1, 0.15) is 32.4 Å². The summed E-state index contributed by atoms with van der Waals surface area (Å²) in [6, 6.07) is 2.95. The average Bonchev–Trinajstić information content (AvgIpc) is 2.27. The first-order chi connectivity index (χ1) is 8.92. The molecule has 1 aromatic rings. The smallest absolute Gasteiger partial charge is 0.404 e. The minimum Gasteiger partial charge on any atom is -0.404 e. The average molecular weight is 348 g/mol. The highest BCUT2D eigenvalue weighted by Gasteiger charge is 2.33. The first-order valence-corrected chi connectivity index (χ1v) is 6.28. The van der Waals surface area contributed by atoms with Crippen molar-refractivity contribution in [3.8, 4) is 5.75 Å². The van der Waals surface area contributed by atoms with E-state index in [9.17, 15) is 18.3 Å². The van der Waals surface area contributed by atoms with Gasteiger partial charge in [-0.05, 0) is 23.1 Å². The van der Waals surface area contributed by atoms with Crippen molar-refractivity contribution in [2.24, 2.45) is 11.1 Å². The fraction of sp³-hybridized carbons (Fsp3) is 0.538. The van der Waals surface area contributed by atoms with E-state index >= 15 is 0 Å². The molecule has 0 saturated heterocycles. The monoisotopic (exact) mass is 347 g/mol. The molecule has 0 fully saturated rings. The first kappa shape index (κ1) is 20.3. The molecule has 1 aromatic carbocycles. The van der Waals surface area contributed by atoms with Crippen molar-refractivity contribution in [2.75, 3.05) is 0 Å². The summed E-state index contributed by atoms with van der Waals surface area (Å²) in [4.78, 5) is 0. The highest BCUT2D eigenvalue weighted by molar-refractivity contribution is 6.32. The van der Waals surface area contributed by atoms with Gasteiger partial charge in [-0.3, -0.25) is 0 Å². The molecule has 0 aliphatic rings. The molecule has 0 unspecified atom stereocenters. The van der Waals surface area contributed by atoms with Gasteiger partial charge >= 0.3 is 6.36 Å². The Labute approximate surface area is 132 Å². The van der Waals surface area contributed by atoms with Gasteiger partial charge in [0.25, 0.3) is 0 Å². The lowest BCUT2D eigenvalue weighted by Crippen LogP contribution is -2.36. The second-order valence-electron chi connectivity index (χ2n) is 5.57. The van der Waals surface area contributed by atoms with Crippen molar-refractivity contribution in [2.45, 2.75) is 39.3 Å². The van der Waals surface area contributed by atoms with Crippen molar-refractivity contribution in [1.29, 1.82) is 0 Å². The van der Waals surface area contributed by atoms with Crippen molar-refractivity contribution in [3.63, 3.8) is 0 Å². The lowest BCUT2D eigenvalue weighted by Gasteiger charge is -2.31. The predicted octanol–water partition coefficient (Wildman–Crippen LogP) is 4.07. The predicted molar refractivity (Wildman–Crippen MR) is 77.8 cm³/mol. The molecule has 0 aliphatic heterocycles. The van der Waals surface area contributed by atoms with Crippen molar-refractivity contribution < 1.29 is 23.0 Å².